The Kier molecular flexibility index (Phi) is 7.57. The molecule has 290 valence electrons. The summed E-state index contributed by atoms with van der Waals surface area (Å²) in [6.07, 6.45) is 0. The Morgan fingerprint density at radius 2 is 0.903 bits per heavy atom. The van der Waals surface area contributed by atoms with Crippen molar-refractivity contribution in [3.05, 3.63) is 218 Å². The molecule has 4 heteroatoms. The Morgan fingerprint density at radius 3 is 1.73 bits per heavy atom. The molecule has 3 heterocycles. The minimum Gasteiger partial charge on any atom is -0.455 e. The quantitative estimate of drug-likeness (QED) is 0.168. The molecule has 0 aliphatic carbocycles. The van der Waals surface area contributed by atoms with E-state index in [0.29, 0.717) is 0 Å². The van der Waals surface area contributed by atoms with Gasteiger partial charge in [0.25, 0.3) is 0 Å². The van der Waals surface area contributed by atoms with Gasteiger partial charge in [0, 0.05) is 54.7 Å². The van der Waals surface area contributed by atoms with Crippen molar-refractivity contribution in [3.8, 4) is 27.9 Å². The van der Waals surface area contributed by atoms with Gasteiger partial charge in [0.1, 0.15) is 22.3 Å². The van der Waals surface area contributed by atoms with Gasteiger partial charge in [-0.05, 0) is 71.6 Å². The van der Waals surface area contributed by atoms with Crippen molar-refractivity contribution >= 4 is 93.5 Å². The summed E-state index contributed by atoms with van der Waals surface area (Å²) in [6, 6.07) is 77.9. The van der Waals surface area contributed by atoms with Crippen molar-refractivity contribution in [1.82, 2.24) is 4.57 Å². The van der Waals surface area contributed by atoms with Crippen LogP contribution in [-0.2, 0) is 0 Å². The van der Waals surface area contributed by atoms with Crippen molar-refractivity contribution in [1.29, 1.82) is 0 Å². The van der Waals surface area contributed by atoms with E-state index in [0.717, 1.165) is 94.3 Å². The molecule has 0 saturated carbocycles. The van der Waals surface area contributed by atoms with Crippen LogP contribution < -0.4 is 4.90 Å². The molecule has 10 aromatic carbocycles. The topological polar surface area (TPSA) is 34.5 Å². The monoisotopic (exact) mass is 792 g/mol. The first-order valence-corrected chi connectivity index (χ1v) is 21.1. The molecule has 0 aliphatic heterocycles. The third kappa shape index (κ3) is 5.14. The average Bonchev–Trinajstić information content (AvgIpc) is 4.02. The van der Waals surface area contributed by atoms with Crippen LogP contribution in [0.3, 0.4) is 0 Å². The summed E-state index contributed by atoms with van der Waals surface area (Å²) in [5.41, 5.74) is 14.2. The molecule has 0 unspecified atom stereocenters. The Balaban J connectivity index is 1.08. The summed E-state index contributed by atoms with van der Waals surface area (Å²) in [5.74, 6) is 0. The van der Waals surface area contributed by atoms with E-state index < -0.39 is 0 Å². The Bertz CT molecular complexity index is 3840. The number of nitrogens with zero attached hydrogens (tertiary/aromatic N) is 2. The number of hydrogen-bond acceptors (Lipinski definition) is 3. The summed E-state index contributed by atoms with van der Waals surface area (Å²) in [7, 11) is 0. The molecule has 4 nitrogen and oxygen atoms in total. The van der Waals surface area contributed by atoms with Gasteiger partial charge in [-0.1, -0.05) is 158 Å². The minimum atomic E-state index is 0.838. The van der Waals surface area contributed by atoms with Crippen LogP contribution in [-0.4, -0.2) is 4.57 Å². The Hall–Kier alpha value is -8.34. The zero-order chi connectivity index (χ0) is 40.7. The van der Waals surface area contributed by atoms with Crippen molar-refractivity contribution < 1.29 is 8.83 Å². The molecule has 0 fully saturated rings. The third-order valence-electron chi connectivity index (χ3n) is 12.6. The second-order valence-corrected chi connectivity index (χ2v) is 16.0. The zero-order valence-electron chi connectivity index (χ0n) is 33.5. The summed E-state index contributed by atoms with van der Waals surface area (Å²) >= 11 is 0. The normalized spacial score (nSPS) is 11.9. The maximum absolute atomic E-state index is 7.02. The molecule has 13 aromatic rings. The highest BCUT2D eigenvalue weighted by Gasteiger charge is 2.26. The summed E-state index contributed by atoms with van der Waals surface area (Å²) in [4.78, 5) is 2.43. The highest BCUT2D eigenvalue weighted by Crippen LogP contribution is 2.50. The Morgan fingerprint density at radius 1 is 0.339 bits per heavy atom. The number of rotatable bonds is 6. The highest BCUT2D eigenvalue weighted by atomic mass is 16.3. The summed E-state index contributed by atoms with van der Waals surface area (Å²) in [6.45, 7) is 0. The first-order valence-electron chi connectivity index (χ1n) is 21.1. The number of furan rings is 2. The van der Waals surface area contributed by atoms with E-state index in [2.05, 4.69) is 216 Å². The molecular weight excluding hydrogens is 757 g/mol. The fourth-order valence-corrected chi connectivity index (χ4v) is 9.89. The van der Waals surface area contributed by atoms with Crippen LogP contribution in [0.25, 0.3) is 104 Å². The lowest BCUT2D eigenvalue weighted by Gasteiger charge is -2.30. The van der Waals surface area contributed by atoms with Crippen LogP contribution in [0.4, 0.5) is 17.1 Å². The average molecular weight is 793 g/mol. The second kappa shape index (κ2) is 13.6. The smallest absolute Gasteiger partial charge is 0.145 e. The van der Waals surface area contributed by atoms with Crippen LogP contribution in [0.2, 0.25) is 0 Å². The standard InChI is InChI=1S/C58H36N2O2/c1-2-20-40-37(16-1)17-14-31-49(40)60(52-30-10-5-23-44(52)46-26-15-27-47-45-24-6-11-32-54(45)61-57(46)47)53-35-34-41(58-56(53)48-25-7-12-33-55(48)62-58)38-18-13-19-39(36-38)59-50-28-8-3-21-42(50)43-22-4-9-29-51(43)59/h1-36H. The second-order valence-electron chi connectivity index (χ2n) is 16.0. The molecular formula is C58H36N2O2. The molecule has 0 saturated heterocycles. The minimum absolute atomic E-state index is 0.838. The number of para-hydroxylation sites is 6. The van der Waals surface area contributed by atoms with Gasteiger partial charge in [-0.15, -0.1) is 0 Å². The van der Waals surface area contributed by atoms with E-state index in [4.69, 9.17) is 8.83 Å². The van der Waals surface area contributed by atoms with E-state index in [-0.39, 0.29) is 0 Å². The molecule has 0 bridgehead atoms. The van der Waals surface area contributed by atoms with Gasteiger partial charge in [-0.3, -0.25) is 0 Å². The number of hydrogen-bond donors (Lipinski definition) is 0. The van der Waals surface area contributed by atoms with Crippen molar-refractivity contribution in [2.24, 2.45) is 0 Å². The van der Waals surface area contributed by atoms with Crippen molar-refractivity contribution in [2.75, 3.05) is 4.90 Å². The van der Waals surface area contributed by atoms with Gasteiger partial charge in [0.05, 0.1) is 33.5 Å². The number of anilines is 3. The lowest BCUT2D eigenvalue weighted by molar-refractivity contribution is 0.669. The predicted molar refractivity (Wildman–Crippen MR) is 258 cm³/mol. The lowest BCUT2D eigenvalue weighted by atomic mass is 9.96. The summed E-state index contributed by atoms with van der Waals surface area (Å²) in [5, 5.41) is 9.10. The number of benzene rings is 10. The van der Waals surface area contributed by atoms with Gasteiger partial charge in [0.2, 0.25) is 0 Å². The largest absolute Gasteiger partial charge is 0.455 e. The van der Waals surface area contributed by atoms with E-state index in [1.54, 1.807) is 0 Å². The molecule has 13 rings (SSSR count). The van der Waals surface area contributed by atoms with Crippen LogP contribution in [0.5, 0.6) is 0 Å². The Labute approximate surface area is 356 Å². The van der Waals surface area contributed by atoms with E-state index in [9.17, 15) is 0 Å². The van der Waals surface area contributed by atoms with Crippen molar-refractivity contribution in [2.45, 2.75) is 0 Å². The molecule has 0 amide bonds. The van der Waals surface area contributed by atoms with Crippen molar-refractivity contribution in [3.63, 3.8) is 0 Å². The van der Waals surface area contributed by atoms with Gasteiger partial charge >= 0.3 is 0 Å². The molecule has 62 heavy (non-hydrogen) atoms. The maximum atomic E-state index is 7.02. The number of aromatic nitrogens is 1. The van der Waals surface area contributed by atoms with Crippen LogP contribution in [0.15, 0.2) is 227 Å². The fourth-order valence-electron chi connectivity index (χ4n) is 9.89. The first-order chi connectivity index (χ1) is 30.8. The predicted octanol–water partition coefficient (Wildman–Crippen LogP) is 16.5. The van der Waals surface area contributed by atoms with Gasteiger partial charge in [-0.25, -0.2) is 0 Å². The van der Waals surface area contributed by atoms with Gasteiger partial charge in [0.15, 0.2) is 0 Å². The molecule has 3 aromatic heterocycles. The highest BCUT2D eigenvalue weighted by molar-refractivity contribution is 6.19. The SMILES string of the molecule is c1cc(-c2ccc(N(c3ccccc3-c3cccc4c3oc3ccccc34)c3cccc4ccccc34)c3c2oc2ccccc23)cc(-n2c3ccccc3c3ccccc32)c1. The first kappa shape index (κ1) is 34.5. The van der Waals surface area contributed by atoms with E-state index in [1.807, 2.05) is 12.1 Å². The van der Waals surface area contributed by atoms with Crippen LogP contribution in [0, 0.1) is 0 Å². The van der Waals surface area contributed by atoms with Gasteiger partial charge in [-0.2, -0.15) is 0 Å². The van der Waals surface area contributed by atoms with Gasteiger partial charge < -0.3 is 18.3 Å². The molecule has 0 atom stereocenters. The molecule has 0 radical (unpaired) electrons. The maximum Gasteiger partial charge on any atom is 0.145 e. The summed E-state index contributed by atoms with van der Waals surface area (Å²) < 4.78 is 16.1. The van der Waals surface area contributed by atoms with E-state index in [1.165, 1.54) is 27.2 Å². The van der Waals surface area contributed by atoms with Crippen LogP contribution in [0.1, 0.15) is 0 Å². The van der Waals surface area contributed by atoms with E-state index >= 15 is 0 Å². The zero-order valence-corrected chi connectivity index (χ0v) is 33.5. The molecule has 0 aliphatic rings. The lowest BCUT2D eigenvalue weighted by Crippen LogP contribution is -2.12. The molecule has 0 N–H and O–H groups in total. The third-order valence-corrected chi connectivity index (χ3v) is 12.6. The molecule has 0 spiro atoms. The fraction of sp³-hybridized carbons (Fsp3) is 0. The number of fused-ring (bicyclic) bond motifs is 10. The van der Waals surface area contributed by atoms with Crippen LogP contribution >= 0.6 is 0 Å².